The summed E-state index contributed by atoms with van der Waals surface area (Å²) in [6.07, 6.45) is 0. The van der Waals surface area contributed by atoms with Gasteiger partial charge in [0.25, 0.3) is 5.92 Å². The van der Waals surface area contributed by atoms with Crippen molar-refractivity contribution in [2.75, 3.05) is 20.2 Å². The molecule has 1 rings (SSSR count). The van der Waals surface area contributed by atoms with Crippen LogP contribution < -0.4 is 15.2 Å². The van der Waals surface area contributed by atoms with E-state index >= 15 is 0 Å². The van der Waals surface area contributed by atoms with Gasteiger partial charge in [-0.3, -0.25) is 10.1 Å². The predicted octanol–water partition coefficient (Wildman–Crippen LogP) is 0.615. The van der Waals surface area contributed by atoms with E-state index in [1.54, 1.807) is 0 Å². The lowest BCUT2D eigenvalue weighted by Gasteiger charge is -2.15. The van der Waals surface area contributed by atoms with Gasteiger partial charge in [0.2, 0.25) is 15.8 Å². The molecule has 0 saturated heterocycles. The first-order chi connectivity index (χ1) is 10.0. The minimum atomic E-state index is -4.59. The maximum absolute atomic E-state index is 13.7. The van der Waals surface area contributed by atoms with Crippen molar-refractivity contribution in [1.82, 2.24) is 4.72 Å². The zero-order chi connectivity index (χ0) is 17.1. The highest BCUT2D eigenvalue weighted by Crippen LogP contribution is 2.32. The molecule has 0 bridgehead atoms. The number of nitro benzene ring substituents is 1. The van der Waals surface area contributed by atoms with Crippen LogP contribution in [0.2, 0.25) is 0 Å². The number of nitrogens with zero attached hydrogens (tertiary/aromatic N) is 1. The lowest BCUT2D eigenvalue weighted by Crippen LogP contribution is -2.41. The molecule has 1 aromatic rings. The van der Waals surface area contributed by atoms with Crippen molar-refractivity contribution in [2.24, 2.45) is 5.73 Å². The smallest absolute Gasteiger partial charge is 0.315 e. The van der Waals surface area contributed by atoms with Gasteiger partial charge in [0.05, 0.1) is 30.0 Å². The average Bonchev–Trinajstić information content (AvgIpc) is 2.44. The monoisotopic (exact) mass is 343 g/mol. The molecule has 0 aliphatic carbocycles. The van der Waals surface area contributed by atoms with E-state index < -0.39 is 56.1 Å². The van der Waals surface area contributed by atoms with Crippen LogP contribution in [-0.4, -0.2) is 39.5 Å². The first-order valence-electron chi connectivity index (χ1n) is 5.63. The normalized spacial score (nSPS) is 12.2. The largest absolute Gasteiger partial charge is 0.488 e. The number of hydrogen-bond donors (Lipinski definition) is 2. The van der Waals surface area contributed by atoms with Crippen LogP contribution in [0.1, 0.15) is 0 Å². The summed E-state index contributed by atoms with van der Waals surface area (Å²) in [5, 5.41) is 10.8. The number of halogens is 3. The molecule has 0 aliphatic heterocycles. The van der Waals surface area contributed by atoms with Gasteiger partial charge in [-0.25, -0.2) is 26.3 Å². The van der Waals surface area contributed by atoms with Crippen molar-refractivity contribution in [3.05, 3.63) is 28.1 Å². The molecule has 0 radical (unpaired) electrons. The fraction of sp³-hybridized carbons (Fsp3) is 0.400. The number of benzene rings is 1. The molecule has 0 amide bonds. The van der Waals surface area contributed by atoms with Crippen LogP contribution in [0.5, 0.6) is 5.75 Å². The molecule has 124 valence electrons. The third kappa shape index (κ3) is 4.05. The van der Waals surface area contributed by atoms with Crippen molar-refractivity contribution in [3.8, 4) is 5.75 Å². The molecule has 8 nitrogen and oxygen atoms in total. The van der Waals surface area contributed by atoms with Crippen molar-refractivity contribution in [3.63, 3.8) is 0 Å². The zero-order valence-electron chi connectivity index (χ0n) is 11.2. The van der Waals surface area contributed by atoms with E-state index in [-0.39, 0.29) is 0 Å². The fourth-order valence-corrected chi connectivity index (χ4v) is 2.50. The van der Waals surface area contributed by atoms with E-state index in [1.807, 2.05) is 0 Å². The van der Waals surface area contributed by atoms with Crippen LogP contribution in [-0.2, 0) is 10.0 Å². The Bertz CT molecular complexity index is 681. The fourth-order valence-electron chi connectivity index (χ4n) is 1.40. The molecular weight excluding hydrogens is 331 g/mol. The van der Waals surface area contributed by atoms with Gasteiger partial charge >= 0.3 is 5.69 Å². The number of nitrogens with one attached hydrogen (secondary N) is 1. The second-order valence-electron chi connectivity index (χ2n) is 4.10. The Morgan fingerprint density at radius 2 is 2.05 bits per heavy atom. The van der Waals surface area contributed by atoms with Crippen molar-refractivity contribution in [2.45, 2.75) is 10.8 Å². The molecule has 0 unspecified atom stereocenters. The summed E-state index contributed by atoms with van der Waals surface area (Å²) >= 11 is 0. The number of ether oxygens (including phenoxy) is 1. The van der Waals surface area contributed by atoms with Gasteiger partial charge in [-0.15, -0.1) is 0 Å². The lowest BCUT2D eigenvalue weighted by molar-refractivity contribution is -0.386. The minimum Gasteiger partial charge on any atom is -0.488 e. The number of sulfonamides is 1. The molecule has 3 N–H and O–H groups in total. The number of nitrogens with two attached hydrogens (primary N) is 1. The molecule has 0 fully saturated rings. The Balaban J connectivity index is 3.23. The SMILES string of the molecule is COc1c(F)cc(S(=O)(=O)NCC(F)(F)CN)cc1[N+](=O)[O-]. The quantitative estimate of drug-likeness (QED) is 0.552. The standard InChI is InChI=1S/C10H12F3N3O5S/c1-21-9-7(11)2-6(3-8(9)16(17)18)22(19,20)15-5-10(12,13)4-14/h2-3,15H,4-5,14H2,1H3. The van der Waals surface area contributed by atoms with E-state index in [2.05, 4.69) is 4.74 Å². The summed E-state index contributed by atoms with van der Waals surface area (Å²) < 4.78 is 69.1. The van der Waals surface area contributed by atoms with Crippen molar-refractivity contribution in [1.29, 1.82) is 0 Å². The average molecular weight is 343 g/mol. The van der Waals surface area contributed by atoms with Crippen LogP contribution in [0.3, 0.4) is 0 Å². The maximum Gasteiger partial charge on any atom is 0.315 e. The summed E-state index contributed by atoms with van der Waals surface area (Å²) in [6, 6.07) is 0.930. The number of methoxy groups -OCH3 is 1. The molecule has 0 spiro atoms. The Hall–Kier alpha value is -1.92. The van der Waals surface area contributed by atoms with Gasteiger partial charge in [0, 0.05) is 6.07 Å². The second-order valence-corrected chi connectivity index (χ2v) is 5.87. The second kappa shape index (κ2) is 6.46. The summed E-state index contributed by atoms with van der Waals surface area (Å²) in [4.78, 5) is 8.84. The minimum absolute atomic E-state index is 0.425. The van der Waals surface area contributed by atoms with Crippen LogP contribution in [0.25, 0.3) is 0 Å². The number of hydrogen-bond acceptors (Lipinski definition) is 6. The van der Waals surface area contributed by atoms with Crippen LogP contribution in [0, 0.1) is 15.9 Å². The molecule has 0 aromatic heterocycles. The van der Waals surface area contributed by atoms with Gasteiger partial charge in [0.15, 0.2) is 5.82 Å². The van der Waals surface area contributed by atoms with Crippen molar-refractivity contribution >= 4 is 15.7 Å². The highest BCUT2D eigenvalue weighted by Gasteiger charge is 2.31. The zero-order valence-corrected chi connectivity index (χ0v) is 12.0. The Morgan fingerprint density at radius 1 is 1.45 bits per heavy atom. The third-order valence-corrected chi connectivity index (χ3v) is 3.91. The van der Waals surface area contributed by atoms with E-state index in [0.717, 1.165) is 7.11 Å². The lowest BCUT2D eigenvalue weighted by atomic mass is 10.3. The summed E-state index contributed by atoms with van der Waals surface area (Å²) in [6.45, 7) is -2.43. The number of nitro groups is 1. The summed E-state index contributed by atoms with van der Waals surface area (Å²) in [7, 11) is -3.63. The number of rotatable bonds is 7. The first-order valence-corrected chi connectivity index (χ1v) is 7.12. The van der Waals surface area contributed by atoms with Gasteiger partial charge in [-0.05, 0) is 6.07 Å². The molecule has 22 heavy (non-hydrogen) atoms. The molecule has 1 aromatic carbocycles. The Labute approximate surface area is 123 Å². The Kier molecular flexibility index (Phi) is 5.32. The molecule has 0 saturated carbocycles. The van der Waals surface area contributed by atoms with Crippen LogP contribution in [0.15, 0.2) is 17.0 Å². The molecule has 0 atom stereocenters. The predicted molar refractivity (Wildman–Crippen MR) is 68.8 cm³/mol. The maximum atomic E-state index is 13.7. The van der Waals surface area contributed by atoms with Gasteiger partial charge in [-0.2, -0.15) is 0 Å². The van der Waals surface area contributed by atoms with E-state index in [9.17, 15) is 31.7 Å². The van der Waals surface area contributed by atoms with Crippen LogP contribution in [0.4, 0.5) is 18.9 Å². The van der Waals surface area contributed by atoms with Gasteiger partial charge in [0.1, 0.15) is 0 Å². The highest BCUT2D eigenvalue weighted by molar-refractivity contribution is 7.89. The highest BCUT2D eigenvalue weighted by atomic mass is 32.2. The van der Waals surface area contributed by atoms with E-state index in [1.165, 1.54) is 4.72 Å². The molecule has 0 heterocycles. The van der Waals surface area contributed by atoms with Crippen LogP contribution >= 0.6 is 0 Å². The molecule has 0 aliphatic rings. The topological polar surface area (TPSA) is 125 Å². The Morgan fingerprint density at radius 3 is 2.50 bits per heavy atom. The van der Waals surface area contributed by atoms with Crippen molar-refractivity contribution < 1.29 is 31.2 Å². The van der Waals surface area contributed by atoms with Gasteiger partial charge in [-0.1, -0.05) is 0 Å². The van der Waals surface area contributed by atoms with E-state index in [0.29, 0.717) is 12.1 Å². The van der Waals surface area contributed by atoms with E-state index in [4.69, 9.17) is 5.73 Å². The molecule has 12 heteroatoms. The first kappa shape index (κ1) is 18.1. The summed E-state index contributed by atoms with van der Waals surface area (Å²) in [5.74, 6) is -5.59. The van der Waals surface area contributed by atoms with Gasteiger partial charge < -0.3 is 10.5 Å². The third-order valence-electron chi connectivity index (χ3n) is 2.53. The number of alkyl halides is 2. The summed E-state index contributed by atoms with van der Waals surface area (Å²) in [5.41, 5.74) is 3.80. The molecular formula is C10H12F3N3O5S.